The van der Waals surface area contributed by atoms with Gasteiger partial charge in [0.15, 0.2) is 0 Å². The molecular weight excluding hydrogens is 216 g/mol. The van der Waals surface area contributed by atoms with E-state index >= 15 is 0 Å². The van der Waals surface area contributed by atoms with Crippen LogP contribution in [-0.2, 0) is 0 Å². The van der Waals surface area contributed by atoms with Crippen molar-refractivity contribution < 1.29 is 4.92 Å². The number of benzene rings is 1. The van der Waals surface area contributed by atoms with E-state index in [-0.39, 0.29) is 16.7 Å². The van der Waals surface area contributed by atoms with Crippen LogP contribution >= 0.6 is 0 Å². The van der Waals surface area contributed by atoms with Gasteiger partial charge in [-0.15, -0.1) is 0 Å². The van der Waals surface area contributed by atoms with Crippen molar-refractivity contribution in [2.45, 2.75) is 40.2 Å². The highest BCUT2D eigenvalue weighted by Crippen LogP contribution is 2.28. The Labute approximate surface area is 102 Å². The molecule has 17 heavy (non-hydrogen) atoms. The summed E-state index contributed by atoms with van der Waals surface area (Å²) < 4.78 is 0. The zero-order valence-electron chi connectivity index (χ0n) is 10.9. The molecule has 0 amide bonds. The fourth-order valence-electron chi connectivity index (χ4n) is 2.00. The Kier molecular flexibility index (Phi) is 4.49. The van der Waals surface area contributed by atoms with Crippen molar-refractivity contribution in [2.24, 2.45) is 5.92 Å². The Bertz CT molecular complexity index is 402. The van der Waals surface area contributed by atoms with Gasteiger partial charge in [0.25, 0.3) is 5.69 Å². The van der Waals surface area contributed by atoms with E-state index in [0.717, 1.165) is 12.0 Å². The Hall–Kier alpha value is -1.58. The summed E-state index contributed by atoms with van der Waals surface area (Å²) in [7, 11) is 0. The highest BCUT2D eigenvalue weighted by molar-refractivity contribution is 5.66. The number of nitro groups is 1. The zero-order chi connectivity index (χ0) is 13.0. The summed E-state index contributed by atoms with van der Waals surface area (Å²) >= 11 is 0. The minimum absolute atomic E-state index is 0.153. The lowest BCUT2D eigenvalue weighted by atomic mass is 10.0. The molecule has 0 aliphatic rings. The molecule has 0 aliphatic carbocycles. The van der Waals surface area contributed by atoms with Crippen LogP contribution in [0.2, 0.25) is 0 Å². The van der Waals surface area contributed by atoms with E-state index in [9.17, 15) is 10.1 Å². The van der Waals surface area contributed by atoms with Gasteiger partial charge < -0.3 is 5.32 Å². The molecule has 0 aliphatic heterocycles. The lowest BCUT2D eigenvalue weighted by Crippen LogP contribution is -2.18. The maximum Gasteiger partial charge on any atom is 0.292 e. The van der Waals surface area contributed by atoms with Gasteiger partial charge in [-0.2, -0.15) is 0 Å². The average molecular weight is 236 g/mol. The number of aryl methyl sites for hydroxylation is 1. The van der Waals surface area contributed by atoms with Crippen LogP contribution in [0.15, 0.2) is 18.2 Å². The number of nitrogens with one attached hydrogen (secondary N) is 1. The second-order valence-electron chi connectivity index (χ2n) is 4.90. The summed E-state index contributed by atoms with van der Waals surface area (Å²) in [5.74, 6) is 0.570. The highest BCUT2D eigenvalue weighted by Gasteiger charge is 2.17. The van der Waals surface area contributed by atoms with Crippen LogP contribution in [0.4, 0.5) is 11.4 Å². The molecule has 1 atom stereocenters. The summed E-state index contributed by atoms with van der Waals surface area (Å²) in [6.45, 7) is 8.22. The van der Waals surface area contributed by atoms with Crippen LogP contribution in [0.5, 0.6) is 0 Å². The Morgan fingerprint density at radius 1 is 1.35 bits per heavy atom. The molecule has 1 unspecified atom stereocenters. The van der Waals surface area contributed by atoms with Crippen LogP contribution in [-0.4, -0.2) is 11.0 Å². The van der Waals surface area contributed by atoms with Crippen molar-refractivity contribution in [3.05, 3.63) is 33.9 Å². The largest absolute Gasteiger partial charge is 0.377 e. The van der Waals surface area contributed by atoms with Crippen molar-refractivity contribution in [1.82, 2.24) is 0 Å². The molecule has 4 nitrogen and oxygen atoms in total. The van der Waals surface area contributed by atoms with Gasteiger partial charge in [0, 0.05) is 12.1 Å². The second kappa shape index (κ2) is 5.66. The lowest BCUT2D eigenvalue weighted by molar-refractivity contribution is -0.384. The van der Waals surface area contributed by atoms with E-state index in [1.54, 1.807) is 6.07 Å². The van der Waals surface area contributed by atoms with Crippen molar-refractivity contribution >= 4 is 11.4 Å². The maximum absolute atomic E-state index is 10.9. The number of para-hydroxylation sites is 1. The van der Waals surface area contributed by atoms with E-state index in [1.165, 1.54) is 6.07 Å². The monoisotopic (exact) mass is 236 g/mol. The van der Waals surface area contributed by atoms with Gasteiger partial charge >= 0.3 is 0 Å². The number of hydrogen-bond acceptors (Lipinski definition) is 3. The summed E-state index contributed by atoms with van der Waals surface area (Å²) in [4.78, 5) is 10.6. The van der Waals surface area contributed by atoms with E-state index < -0.39 is 0 Å². The first-order chi connectivity index (χ1) is 7.91. The average Bonchev–Trinajstić information content (AvgIpc) is 2.19. The maximum atomic E-state index is 10.9. The number of nitrogens with zero attached hydrogens (tertiary/aromatic N) is 1. The molecule has 1 rings (SSSR count). The molecule has 1 aromatic rings. The summed E-state index contributed by atoms with van der Waals surface area (Å²) in [5, 5.41) is 14.2. The Morgan fingerprint density at radius 2 is 2.00 bits per heavy atom. The van der Waals surface area contributed by atoms with Crippen molar-refractivity contribution in [3.8, 4) is 0 Å². The molecule has 1 N–H and O–H groups in total. The van der Waals surface area contributed by atoms with Gasteiger partial charge in [-0.25, -0.2) is 0 Å². The van der Waals surface area contributed by atoms with Gasteiger partial charge in [-0.1, -0.05) is 26.0 Å². The van der Waals surface area contributed by atoms with Gasteiger partial charge in [0.05, 0.1) is 4.92 Å². The normalized spacial score (nSPS) is 12.5. The lowest BCUT2D eigenvalue weighted by Gasteiger charge is -2.18. The quantitative estimate of drug-likeness (QED) is 0.625. The molecule has 0 saturated heterocycles. The topological polar surface area (TPSA) is 55.2 Å². The molecule has 0 fully saturated rings. The van der Waals surface area contributed by atoms with E-state index in [0.29, 0.717) is 11.6 Å². The fraction of sp³-hybridized carbons (Fsp3) is 0.538. The summed E-state index contributed by atoms with van der Waals surface area (Å²) in [6.07, 6.45) is 0.992. The molecular formula is C13H20N2O2. The Balaban J connectivity index is 2.92. The zero-order valence-corrected chi connectivity index (χ0v) is 10.9. The molecule has 1 aromatic carbocycles. The first-order valence-corrected chi connectivity index (χ1v) is 5.92. The third-order valence-electron chi connectivity index (χ3n) is 2.66. The SMILES string of the molecule is Cc1cccc([N+](=O)[O-])c1NC(C)CC(C)C. The molecule has 0 radical (unpaired) electrons. The van der Waals surface area contributed by atoms with Gasteiger partial charge in [-0.05, 0) is 31.7 Å². The molecule has 4 heteroatoms. The molecule has 0 heterocycles. The van der Waals surface area contributed by atoms with Gasteiger partial charge in [0.1, 0.15) is 5.69 Å². The number of anilines is 1. The number of hydrogen-bond donors (Lipinski definition) is 1. The first-order valence-electron chi connectivity index (χ1n) is 5.92. The molecule has 0 bridgehead atoms. The molecule has 0 aromatic heterocycles. The third kappa shape index (κ3) is 3.73. The predicted octanol–water partition coefficient (Wildman–Crippen LogP) is 3.75. The predicted molar refractivity (Wildman–Crippen MR) is 70.4 cm³/mol. The van der Waals surface area contributed by atoms with Crippen molar-refractivity contribution in [3.63, 3.8) is 0 Å². The minimum atomic E-state index is -0.336. The van der Waals surface area contributed by atoms with Crippen LogP contribution in [0.1, 0.15) is 32.8 Å². The Morgan fingerprint density at radius 3 is 2.53 bits per heavy atom. The van der Waals surface area contributed by atoms with Crippen LogP contribution in [0.25, 0.3) is 0 Å². The third-order valence-corrected chi connectivity index (χ3v) is 2.66. The van der Waals surface area contributed by atoms with Crippen LogP contribution < -0.4 is 5.32 Å². The molecule has 0 saturated carbocycles. The van der Waals surface area contributed by atoms with Crippen molar-refractivity contribution in [2.75, 3.05) is 5.32 Å². The highest BCUT2D eigenvalue weighted by atomic mass is 16.6. The van der Waals surface area contributed by atoms with Gasteiger partial charge in [0.2, 0.25) is 0 Å². The van der Waals surface area contributed by atoms with E-state index in [4.69, 9.17) is 0 Å². The van der Waals surface area contributed by atoms with E-state index in [2.05, 4.69) is 26.1 Å². The second-order valence-corrected chi connectivity index (χ2v) is 4.90. The van der Waals surface area contributed by atoms with Gasteiger partial charge in [-0.3, -0.25) is 10.1 Å². The first kappa shape index (κ1) is 13.5. The standard InChI is InChI=1S/C13H20N2O2/c1-9(2)8-11(4)14-13-10(3)6-5-7-12(13)15(16)17/h5-7,9,11,14H,8H2,1-4H3. The van der Waals surface area contributed by atoms with Crippen LogP contribution in [0, 0.1) is 23.0 Å². The number of rotatable bonds is 5. The van der Waals surface area contributed by atoms with Crippen molar-refractivity contribution in [1.29, 1.82) is 0 Å². The summed E-state index contributed by atoms with van der Waals surface area (Å²) in [5.41, 5.74) is 1.71. The summed E-state index contributed by atoms with van der Waals surface area (Å²) in [6, 6.07) is 5.37. The van der Waals surface area contributed by atoms with Crippen LogP contribution in [0.3, 0.4) is 0 Å². The minimum Gasteiger partial charge on any atom is -0.377 e. The molecule has 0 spiro atoms. The molecule has 94 valence electrons. The number of nitro benzene ring substituents is 1. The van der Waals surface area contributed by atoms with E-state index in [1.807, 2.05) is 13.0 Å². The smallest absolute Gasteiger partial charge is 0.292 e. The fourth-order valence-corrected chi connectivity index (χ4v) is 2.00.